The Morgan fingerprint density at radius 1 is 1.44 bits per heavy atom. The highest BCUT2D eigenvalue weighted by Gasteiger charge is 2.27. The van der Waals surface area contributed by atoms with Crippen molar-refractivity contribution in [2.24, 2.45) is 0 Å². The highest BCUT2D eigenvalue weighted by molar-refractivity contribution is 7.84. The highest BCUT2D eigenvalue weighted by Crippen LogP contribution is 2.14. The average Bonchev–Trinajstić information content (AvgIpc) is 2.07. The predicted molar refractivity (Wildman–Crippen MR) is 57.9 cm³/mol. The molecule has 0 rings (SSSR count). The van der Waals surface area contributed by atoms with Gasteiger partial charge in [-0.1, -0.05) is 0 Å². The topological polar surface area (TPSA) is 38.3 Å². The smallest absolute Gasteiger partial charge is 0.372 e. The molecule has 2 unspecified atom stereocenters. The van der Waals surface area contributed by atoms with E-state index in [2.05, 4.69) is 10.1 Å². The molecular weight excluding hydrogens is 243 g/mol. The summed E-state index contributed by atoms with van der Waals surface area (Å²) in [5, 5.41) is 3.06. The molecule has 0 amide bonds. The molecule has 0 aliphatic heterocycles. The Labute approximate surface area is 96.2 Å². The quantitative estimate of drug-likeness (QED) is 0.670. The van der Waals surface area contributed by atoms with Crippen LogP contribution in [0.3, 0.4) is 0 Å². The third-order valence-corrected chi connectivity index (χ3v) is 2.68. The van der Waals surface area contributed by atoms with Crippen LogP contribution in [0, 0.1) is 0 Å². The van der Waals surface area contributed by atoms with E-state index in [0.717, 1.165) is 0 Å². The van der Waals surface area contributed by atoms with Crippen molar-refractivity contribution in [3.05, 3.63) is 0 Å². The number of ether oxygens (including phenoxy) is 1. The fourth-order valence-electron chi connectivity index (χ4n) is 1.12. The van der Waals surface area contributed by atoms with Crippen LogP contribution in [0.15, 0.2) is 0 Å². The van der Waals surface area contributed by atoms with Crippen LogP contribution < -0.4 is 5.32 Å². The van der Waals surface area contributed by atoms with Crippen molar-refractivity contribution in [2.75, 3.05) is 31.8 Å². The van der Waals surface area contributed by atoms with Gasteiger partial charge in [0.2, 0.25) is 0 Å². The van der Waals surface area contributed by atoms with Gasteiger partial charge >= 0.3 is 6.18 Å². The molecule has 0 radical (unpaired) electrons. The summed E-state index contributed by atoms with van der Waals surface area (Å²) in [7, 11) is -0.859. The number of rotatable bonds is 8. The standard InChI is InChI=1S/C9H18F3NO2S/c1-8(6-16(2)14)13-4-3-5-15-7-9(10,11)12/h8,13H,3-7H2,1-2H3. The lowest BCUT2D eigenvalue weighted by Gasteiger charge is -2.12. The minimum atomic E-state index is -4.25. The summed E-state index contributed by atoms with van der Waals surface area (Å²) in [5.74, 6) is 0.545. The summed E-state index contributed by atoms with van der Waals surface area (Å²) in [6, 6.07) is 0.105. The molecule has 0 spiro atoms. The minimum Gasteiger partial charge on any atom is -0.372 e. The van der Waals surface area contributed by atoms with Crippen LogP contribution >= 0.6 is 0 Å². The van der Waals surface area contributed by atoms with Crippen molar-refractivity contribution in [2.45, 2.75) is 25.6 Å². The van der Waals surface area contributed by atoms with Gasteiger partial charge in [-0.2, -0.15) is 13.2 Å². The van der Waals surface area contributed by atoms with E-state index >= 15 is 0 Å². The highest BCUT2D eigenvalue weighted by atomic mass is 32.2. The van der Waals surface area contributed by atoms with Gasteiger partial charge in [-0.15, -0.1) is 0 Å². The van der Waals surface area contributed by atoms with Crippen LogP contribution in [-0.4, -0.2) is 48.2 Å². The van der Waals surface area contributed by atoms with E-state index in [1.807, 2.05) is 6.92 Å². The van der Waals surface area contributed by atoms with Crippen LogP contribution in [0.2, 0.25) is 0 Å². The fourth-order valence-corrected chi connectivity index (χ4v) is 1.94. The maximum atomic E-state index is 11.7. The van der Waals surface area contributed by atoms with Gasteiger partial charge in [0.25, 0.3) is 0 Å². The second kappa shape index (κ2) is 8.03. The van der Waals surface area contributed by atoms with Crippen molar-refractivity contribution in [1.82, 2.24) is 5.32 Å². The summed E-state index contributed by atoms with van der Waals surface area (Å²) in [4.78, 5) is 0. The van der Waals surface area contributed by atoms with Gasteiger partial charge in [0.15, 0.2) is 0 Å². The lowest BCUT2D eigenvalue weighted by molar-refractivity contribution is -0.173. The van der Waals surface area contributed by atoms with E-state index < -0.39 is 23.6 Å². The summed E-state index contributed by atoms with van der Waals surface area (Å²) >= 11 is 0. The zero-order valence-electron chi connectivity index (χ0n) is 9.47. The molecule has 0 saturated heterocycles. The first-order valence-electron chi connectivity index (χ1n) is 4.99. The molecule has 0 aliphatic rings. The van der Waals surface area contributed by atoms with Gasteiger partial charge in [0.1, 0.15) is 6.61 Å². The maximum Gasteiger partial charge on any atom is 0.411 e. The number of halogens is 3. The van der Waals surface area contributed by atoms with E-state index in [-0.39, 0.29) is 12.6 Å². The molecule has 3 nitrogen and oxygen atoms in total. The van der Waals surface area contributed by atoms with Crippen molar-refractivity contribution < 1.29 is 22.1 Å². The predicted octanol–water partition coefficient (Wildman–Crippen LogP) is 1.31. The van der Waals surface area contributed by atoms with Crippen LogP contribution in [0.4, 0.5) is 13.2 Å². The lowest BCUT2D eigenvalue weighted by Crippen LogP contribution is -2.32. The zero-order chi connectivity index (χ0) is 12.6. The van der Waals surface area contributed by atoms with Gasteiger partial charge in [-0.3, -0.25) is 4.21 Å². The van der Waals surface area contributed by atoms with Gasteiger partial charge in [0, 0.05) is 35.5 Å². The summed E-state index contributed by atoms with van der Waals surface area (Å²) in [6.07, 6.45) is -2.12. The van der Waals surface area contributed by atoms with Crippen molar-refractivity contribution in [1.29, 1.82) is 0 Å². The Bertz CT molecular complexity index is 211. The molecule has 1 N–H and O–H groups in total. The van der Waals surface area contributed by atoms with E-state index in [1.54, 1.807) is 6.26 Å². The first kappa shape index (κ1) is 15.9. The molecule has 16 heavy (non-hydrogen) atoms. The van der Waals surface area contributed by atoms with Crippen molar-refractivity contribution >= 4 is 10.8 Å². The van der Waals surface area contributed by atoms with E-state index in [1.165, 1.54) is 0 Å². The number of nitrogens with one attached hydrogen (secondary N) is 1. The molecule has 0 aliphatic carbocycles. The lowest BCUT2D eigenvalue weighted by atomic mass is 10.3. The molecule has 2 atom stereocenters. The van der Waals surface area contributed by atoms with E-state index in [0.29, 0.717) is 18.7 Å². The average molecular weight is 261 g/mol. The largest absolute Gasteiger partial charge is 0.411 e. The first-order valence-corrected chi connectivity index (χ1v) is 6.72. The normalized spacial score (nSPS) is 16.1. The van der Waals surface area contributed by atoms with Gasteiger partial charge in [-0.05, 0) is 19.9 Å². The summed E-state index contributed by atoms with van der Waals surface area (Å²) in [6.45, 7) is 1.34. The SMILES string of the molecule is CC(CS(C)=O)NCCCOCC(F)(F)F. The minimum absolute atomic E-state index is 0.0778. The second-order valence-electron chi connectivity index (χ2n) is 3.62. The van der Waals surface area contributed by atoms with Gasteiger partial charge < -0.3 is 10.1 Å². The number of alkyl halides is 3. The molecule has 0 heterocycles. The number of hydrogen-bond acceptors (Lipinski definition) is 3. The van der Waals surface area contributed by atoms with Gasteiger partial charge in [-0.25, -0.2) is 0 Å². The third-order valence-electron chi connectivity index (χ3n) is 1.71. The molecule has 98 valence electrons. The molecule has 0 fully saturated rings. The third kappa shape index (κ3) is 11.9. The molecule has 0 saturated carbocycles. The zero-order valence-corrected chi connectivity index (χ0v) is 10.3. The Hall–Kier alpha value is -0.140. The maximum absolute atomic E-state index is 11.7. The number of hydrogen-bond donors (Lipinski definition) is 1. The Morgan fingerprint density at radius 2 is 2.06 bits per heavy atom. The fraction of sp³-hybridized carbons (Fsp3) is 1.00. The van der Waals surface area contributed by atoms with E-state index in [4.69, 9.17) is 0 Å². The molecule has 7 heteroatoms. The Balaban J connectivity index is 3.30. The van der Waals surface area contributed by atoms with Crippen LogP contribution in [-0.2, 0) is 15.5 Å². The Morgan fingerprint density at radius 3 is 2.56 bits per heavy atom. The summed E-state index contributed by atoms with van der Waals surface area (Å²) in [5.41, 5.74) is 0. The monoisotopic (exact) mass is 261 g/mol. The van der Waals surface area contributed by atoms with Crippen LogP contribution in [0.5, 0.6) is 0 Å². The molecule has 0 bridgehead atoms. The first-order chi connectivity index (χ1) is 7.31. The Kier molecular flexibility index (Phi) is 7.96. The van der Waals surface area contributed by atoms with Crippen molar-refractivity contribution in [3.8, 4) is 0 Å². The van der Waals surface area contributed by atoms with E-state index in [9.17, 15) is 17.4 Å². The van der Waals surface area contributed by atoms with Crippen LogP contribution in [0.25, 0.3) is 0 Å². The molecule has 0 aromatic rings. The van der Waals surface area contributed by atoms with Crippen molar-refractivity contribution in [3.63, 3.8) is 0 Å². The summed E-state index contributed by atoms with van der Waals surface area (Å²) < 4.78 is 50.2. The second-order valence-corrected chi connectivity index (χ2v) is 5.10. The van der Waals surface area contributed by atoms with Gasteiger partial charge in [0.05, 0.1) is 0 Å². The van der Waals surface area contributed by atoms with Crippen LogP contribution in [0.1, 0.15) is 13.3 Å². The molecule has 0 aromatic carbocycles. The molecule has 0 aromatic heterocycles. The molecular formula is C9H18F3NO2S.